The van der Waals surface area contributed by atoms with E-state index in [1.165, 1.54) is 5.56 Å². The van der Waals surface area contributed by atoms with E-state index in [9.17, 15) is 0 Å². The number of aryl methyl sites for hydroxylation is 2. The molecule has 2 heterocycles. The molecule has 0 fully saturated rings. The van der Waals surface area contributed by atoms with Gasteiger partial charge < -0.3 is 4.57 Å². The van der Waals surface area contributed by atoms with E-state index in [2.05, 4.69) is 71.9 Å². The van der Waals surface area contributed by atoms with Crippen LogP contribution >= 0.6 is 39.5 Å². The number of halogens is 1. The summed E-state index contributed by atoms with van der Waals surface area (Å²) in [5, 5.41) is 10.5. The van der Waals surface area contributed by atoms with Crippen LogP contribution < -0.4 is 0 Å². The van der Waals surface area contributed by atoms with Crippen LogP contribution in [-0.4, -0.2) is 24.7 Å². The molecule has 136 valence electrons. The van der Waals surface area contributed by atoms with Crippen LogP contribution in [-0.2, 0) is 18.1 Å². The molecule has 0 N–H and O–H groups in total. The van der Waals surface area contributed by atoms with Crippen molar-refractivity contribution in [3.8, 4) is 0 Å². The Morgan fingerprint density at radius 1 is 0.962 bits per heavy atom. The molecule has 26 heavy (non-hydrogen) atoms. The first-order chi connectivity index (χ1) is 12.5. The SMILES string of the molecule is CCn1c(CSc2nc(C)cc(C)n2)nnc1SCc1ccc(Br)cc1. The molecule has 0 bridgehead atoms. The van der Waals surface area contributed by atoms with Gasteiger partial charge in [0.2, 0.25) is 0 Å². The lowest BCUT2D eigenvalue weighted by molar-refractivity contribution is 0.659. The zero-order valence-electron chi connectivity index (χ0n) is 14.9. The quantitative estimate of drug-likeness (QED) is 0.371. The lowest BCUT2D eigenvalue weighted by atomic mass is 10.2. The highest BCUT2D eigenvalue weighted by molar-refractivity contribution is 9.10. The number of benzene rings is 1. The van der Waals surface area contributed by atoms with E-state index in [-0.39, 0.29) is 0 Å². The van der Waals surface area contributed by atoms with Gasteiger partial charge in [0, 0.05) is 28.2 Å². The van der Waals surface area contributed by atoms with Crippen molar-refractivity contribution in [2.75, 3.05) is 0 Å². The van der Waals surface area contributed by atoms with Crippen LogP contribution in [0.2, 0.25) is 0 Å². The molecule has 0 spiro atoms. The highest BCUT2D eigenvalue weighted by Gasteiger charge is 2.13. The van der Waals surface area contributed by atoms with Crippen molar-refractivity contribution in [3.63, 3.8) is 0 Å². The maximum Gasteiger partial charge on any atom is 0.191 e. The molecule has 0 aliphatic carbocycles. The second-order valence-electron chi connectivity index (χ2n) is 5.78. The van der Waals surface area contributed by atoms with Gasteiger partial charge >= 0.3 is 0 Å². The molecule has 1 aromatic carbocycles. The van der Waals surface area contributed by atoms with Crippen LogP contribution in [0.3, 0.4) is 0 Å². The highest BCUT2D eigenvalue weighted by atomic mass is 79.9. The van der Waals surface area contributed by atoms with E-state index in [1.54, 1.807) is 23.5 Å². The van der Waals surface area contributed by atoms with Gasteiger partial charge in [-0.1, -0.05) is 51.6 Å². The lowest BCUT2D eigenvalue weighted by Crippen LogP contribution is -2.03. The van der Waals surface area contributed by atoms with Crippen molar-refractivity contribution in [1.29, 1.82) is 0 Å². The smallest absolute Gasteiger partial charge is 0.191 e. The molecule has 0 amide bonds. The molecule has 0 saturated heterocycles. The molecule has 0 atom stereocenters. The monoisotopic (exact) mass is 449 g/mol. The van der Waals surface area contributed by atoms with Crippen molar-refractivity contribution < 1.29 is 0 Å². The first-order valence-electron chi connectivity index (χ1n) is 8.29. The van der Waals surface area contributed by atoms with Gasteiger partial charge in [0.1, 0.15) is 5.82 Å². The molecule has 3 rings (SSSR count). The fraction of sp³-hybridized carbons (Fsp3) is 0.333. The second kappa shape index (κ2) is 9.01. The van der Waals surface area contributed by atoms with Crippen LogP contribution in [0.4, 0.5) is 0 Å². The summed E-state index contributed by atoms with van der Waals surface area (Å²) in [6, 6.07) is 10.4. The van der Waals surface area contributed by atoms with Gasteiger partial charge in [-0.05, 0) is 44.5 Å². The Morgan fingerprint density at radius 3 is 2.31 bits per heavy atom. The van der Waals surface area contributed by atoms with Crippen molar-refractivity contribution in [2.24, 2.45) is 0 Å². The predicted octanol–water partition coefficient (Wildman–Crippen LogP) is 5.05. The summed E-state index contributed by atoms with van der Waals surface area (Å²) < 4.78 is 3.26. The Balaban J connectivity index is 1.66. The van der Waals surface area contributed by atoms with Gasteiger partial charge in [-0.15, -0.1) is 10.2 Å². The molecule has 0 aliphatic rings. The van der Waals surface area contributed by atoms with Gasteiger partial charge in [0.25, 0.3) is 0 Å². The maximum absolute atomic E-state index is 4.48. The summed E-state index contributed by atoms with van der Waals surface area (Å²) in [6.07, 6.45) is 0. The number of thioether (sulfide) groups is 2. The van der Waals surface area contributed by atoms with Gasteiger partial charge in [-0.25, -0.2) is 9.97 Å². The minimum absolute atomic E-state index is 0.711. The third kappa shape index (κ3) is 5.08. The molecule has 3 aromatic rings. The van der Waals surface area contributed by atoms with Gasteiger partial charge in [0.15, 0.2) is 10.3 Å². The lowest BCUT2D eigenvalue weighted by Gasteiger charge is -2.07. The molecular formula is C18H20BrN5S2. The van der Waals surface area contributed by atoms with Crippen molar-refractivity contribution in [1.82, 2.24) is 24.7 Å². The largest absolute Gasteiger partial charge is 0.306 e. The third-order valence-corrected chi connectivity index (χ3v) is 6.09. The van der Waals surface area contributed by atoms with Crippen LogP contribution in [0.1, 0.15) is 29.7 Å². The van der Waals surface area contributed by atoms with Crippen LogP contribution in [0.15, 0.2) is 45.1 Å². The molecule has 0 radical (unpaired) electrons. The normalized spacial score (nSPS) is 11.1. The Labute approximate surface area is 170 Å². The van der Waals surface area contributed by atoms with E-state index in [0.29, 0.717) is 5.75 Å². The Bertz CT molecular complexity index is 860. The maximum atomic E-state index is 4.48. The molecule has 0 aliphatic heterocycles. The molecule has 5 nitrogen and oxygen atoms in total. The predicted molar refractivity (Wildman–Crippen MR) is 110 cm³/mol. The average molecular weight is 450 g/mol. The summed E-state index contributed by atoms with van der Waals surface area (Å²) >= 11 is 6.78. The number of hydrogen-bond acceptors (Lipinski definition) is 6. The average Bonchev–Trinajstić information content (AvgIpc) is 3.00. The number of rotatable bonds is 7. The van der Waals surface area contributed by atoms with Gasteiger partial charge in [0.05, 0.1) is 5.75 Å². The van der Waals surface area contributed by atoms with E-state index < -0.39 is 0 Å². The van der Waals surface area contributed by atoms with Crippen molar-refractivity contribution in [3.05, 3.63) is 57.6 Å². The standard InChI is InChI=1S/C18H20BrN5S2/c1-4-24-16(11-25-17-20-12(2)9-13(3)21-17)22-23-18(24)26-10-14-5-7-15(19)8-6-14/h5-9H,4,10-11H2,1-3H3. The number of aromatic nitrogens is 5. The first kappa shape index (κ1) is 19.4. The minimum atomic E-state index is 0.711. The summed E-state index contributed by atoms with van der Waals surface area (Å²) in [7, 11) is 0. The topological polar surface area (TPSA) is 56.5 Å². The third-order valence-electron chi connectivity index (χ3n) is 3.68. The van der Waals surface area contributed by atoms with E-state index >= 15 is 0 Å². The molecule has 2 aromatic heterocycles. The fourth-order valence-corrected chi connectivity index (χ4v) is 4.60. The van der Waals surface area contributed by atoms with Crippen LogP contribution in [0.5, 0.6) is 0 Å². The molecule has 0 unspecified atom stereocenters. The van der Waals surface area contributed by atoms with E-state index in [0.717, 1.165) is 44.3 Å². The van der Waals surface area contributed by atoms with Crippen LogP contribution in [0.25, 0.3) is 0 Å². The molecule has 0 saturated carbocycles. The molecular weight excluding hydrogens is 430 g/mol. The van der Waals surface area contributed by atoms with Crippen LogP contribution in [0, 0.1) is 13.8 Å². The Kier molecular flexibility index (Phi) is 6.72. The Hall–Kier alpha value is -1.38. The zero-order chi connectivity index (χ0) is 18.5. The first-order valence-corrected chi connectivity index (χ1v) is 11.1. The minimum Gasteiger partial charge on any atom is -0.306 e. The number of nitrogens with zero attached hydrogens (tertiary/aromatic N) is 5. The van der Waals surface area contributed by atoms with Gasteiger partial charge in [-0.3, -0.25) is 0 Å². The zero-order valence-corrected chi connectivity index (χ0v) is 18.2. The van der Waals surface area contributed by atoms with E-state index in [4.69, 9.17) is 0 Å². The molecule has 8 heteroatoms. The summed E-state index contributed by atoms with van der Waals surface area (Å²) in [5.74, 6) is 2.54. The highest BCUT2D eigenvalue weighted by Crippen LogP contribution is 2.25. The fourth-order valence-electron chi connectivity index (χ4n) is 2.47. The number of hydrogen-bond donors (Lipinski definition) is 0. The van der Waals surface area contributed by atoms with Crippen molar-refractivity contribution >= 4 is 39.5 Å². The van der Waals surface area contributed by atoms with E-state index in [1.807, 2.05) is 19.9 Å². The summed E-state index contributed by atoms with van der Waals surface area (Å²) in [5.41, 5.74) is 3.24. The summed E-state index contributed by atoms with van der Waals surface area (Å²) in [6.45, 7) is 6.95. The Morgan fingerprint density at radius 2 is 1.65 bits per heavy atom. The summed E-state index contributed by atoms with van der Waals surface area (Å²) in [4.78, 5) is 8.96. The van der Waals surface area contributed by atoms with Gasteiger partial charge in [-0.2, -0.15) is 0 Å². The van der Waals surface area contributed by atoms with Crippen molar-refractivity contribution in [2.45, 2.75) is 49.1 Å². The second-order valence-corrected chi connectivity index (χ2v) is 8.58.